The second-order valence-corrected chi connectivity index (χ2v) is 7.32. The summed E-state index contributed by atoms with van der Waals surface area (Å²) in [5, 5.41) is 3.51. The van der Waals surface area contributed by atoms with Crippen molar-refractivity contribution in [2.24, 2.45) is 0 Å². The van der Waals surface area contributed by atoms with Crippen molar-refractivity contribution in [3.05, 3.63) is 35.9 Å². The summed E-state index contributed by atoms with van der Waals surface area (Å²) in [5.41, 5.74) is 1.13. The zero-order valence-corrected chi connectivity index (χ0v) is 14.4. The van der Waals surface area contributed by atoms with Crippen molar-refractivity contribution in [2.45, 2.75) is 70.4 Å². The third kappa shape index (κ3) is 3.43. The number of hydrogen-bond acceptors (Lipinski definition) is 3. The van der Waals surface area contributed by atoms with Crippen LogP contribution in [0.4, 0.5) is 0 Å². The molecule has 4 heteroatoms. The van der Waals surface area contributed by atoms with E-state index in [4.69, 9.17) is 4.74 Å². The molecule has 2 saturated heterocycles. The minimum atomic E-state index is -0.288. The van der Waals surface area contributed by atoms with E-state index in [-0.39, 0.29) is 23.7 Å². The summed E-state index contributed by atoms with van der Waals surface area (Å²) >= 11 is 0. The van der Waals surface area contributed by atoms with Crippen LogP contribution < -0.4 is 5.32 Å². The number of hydrogen-bond donors (Lipinski definition) is 1. The Hall–Kier alpha value is -1.39. The zero-order chi connectivity index (χ0) is 16.4. The summed E-state index contributed by atoms with van der Waals surface area (Å²) in [6, 6.07) is 10.7. The average molecular weight is 316 g/mol. The number of carbonyl (C=O) groups is 1. The number of nitrogens with zero attached hydrogens (tertiary/aromatic N) is 1. The smallest absolute Gasteiger partial charge is 0.252 e. The molecule has 0 bridgehead atoms. The van der Waals surface area contributed by atoms with Crippen LogP contribution in [0.3, 0.4) is 0 Å². The van der Waals surface area contributed by atoms with E-state index < -0.39 is 0 Å². The molecule has 2 aliphatic rings. The highest BCUT2D eigenvalue weighted by Crippen LogP contribution is 2.41. The van der Waals surface area contributed by atoms with Crippen LogP contribution in [0.15, 0.2) is 30.3 Å². The monoisotopic (exact) mass is 316 g/mol. The molecule has 1 N–H and O–H groups in total. The first-order valence-electron chi connectivity index (χ1n) is 8.74. The van der Waals surface area contributed by atoms with Crippen LogP contribution >= 0.6 is 0 Å². The van der Waals surface area contributed by atoms with Crippen LogP contribution in [0.2, 0.25) is 0 Å². The SMILES string of the molecule is CC1CC2(CCN1)CC(OC(C)C)C(=O)N2Cc1ccccc1. The molecule has 2 heterocycles. The van der Waals surface area contributed by atoms with Crippen molar-refractivity contribution in [2.75, 3.05) is 6.54 Å². The molecule has 1 aromatic carbocycles. The predicted octanol–water partition coefficient (Wildman–Crippen LogP) is 2.72. The molecule has 1 amide bonds. The molecule has 0 radical (unpaired) electrons. The van der Waals surface area contributed by atoms with Gasteiger partial charge in [-0.25, -0.2) is 0 Å². The zero-order valence-electron chi connectivity index (χ0n) is 14.4. The molecule has 3 atom stereocenters. The molecule has 3 unspecified atom stereocenters. The Morgan fingerprint density at radius 2 is 2.04 bits per heavy atom. The number of benzene rings is 1. The van der Waals surface area contributed by atoms with E-state index in [2.05, 4.69) is 29.3 Å². The van der Waals surface area contributed by atoms with E-state index in [1.165, 1.54) is 5.56 Å². The van der Waals surface area contributed by atoms with E-state index >= 15 is 0 Å². The Morgan fingerprint density at radius 3 is 2.70 bits per heavy atom. The van der Waals surface area contributed by atoms with Crippen LogP contribution in [0.1, 0.15) is 45.6 Å². The standard InChI is InChI=1S/C19H28N2O2/c1-14(2)23-17-12-19(9-10-20-15(3)11-19)21(18(17)22)13-16-7-5-4-6-8-16/h4-8,14-15,17,20H,9-13H2,1-3H3. The first-order chi connectivity index (χ1) is 11.0. The first-order valence-corrected chi connectivity index (χ1v) is 8.74. The highest BCUT2D eigenvalue weighted by atomic mass is 16.5. The molecular weight excluding hydrogens is 288 g/mol. The molecule has 3 rings (SSSR count). The summed E-state index contributed by atoms with van der Waals surface area (Å²) in [7, 11) is 0. The first kappa shape index (κ1) is 16.5. The Labute approximate surface area is 139 Å². The lowest BCUT2D eigenvalue weighted by molar-refractivity contribution is -0.142. The van der Waals surface area contributed by atoms with Gasteiger partial charge in [0.05, 0.1) is 6.10 Å². The fraction of sp³-hybridized carbons (Fsp3) is 0.632. The molecular formula is C19H28N2O2. The van der Waals surface area contributed by atoms with Gasteiger partial charge in [0.25, 0.3) is 5.91 Å². The van der Waals surface area contributed by atoms with Crippen LogP contribution in [0.25, 0.3) is 0 Å². The molecule has 0 saturated carbocycles. The summed E-state index contributed by atoms with van der Waals surface area (Å²) in [6.07, 6.45) is 2.63. The third-order valence-corrected chi connectivity index (χ3v) is 5.07. The van der Waals surface area contributed by atoms with Gasteiger partial charge in [0.2, 0.25) is 0 Å². The van der Waals surface area contributed by atoms with Crippen molar-refractivity contribution in [1.29, 1.82) is 0 Å². The van der Waals surface area contributed by atoms with Crippen molar-refractivity contribution >= 4 is 5.91 Å². The van der Waals surface area contributed by atoms with Crippen LogP contribution in [-0.2, 0) is 16.1 Å². The summed E-state index contributed by atoms with van der Waals surface area (Å²) in [5.74, 6) is 0.164. The lowest BCUT2D eigenvalue weighted by atomic mass is 9.82. The molecule has 4 nitrogen and oxygen atoms in total. The Morgan fingerprint density at radius 1 is 1.30 bits per heavy atom. The van der Waals surface area contributed by atoms with Crippen molar-refractivity contribution in [3.63, 3.8) is 0 Å². The molecule has 2 aliphatic heterocycles. The highest BCUT2D eigenvalue weighted by molar-refractivity contribution is 5.84. The van der Waals surface area contributed by atoms with Crippen LogP contribution in [0.5, 0.6) is 0 Å². The van der Waals surface area contributed by atoms with Gasteiger partial charge >= 0.3 is 0 Å². The normalized spacial score (nSPS) is 31.3. The second kappa shape index (κ2) is 6.62. The number of likely N-dealkylation sites (tertiary alicyclic amines) is 1. The van der Waals surface area contributed by atoms with Crippen molar-refractivity contribution in [3.8, 4) is 0 Å². The van der Waals surface area contributed by atoms with Gasteiger partial charge in [0.1, 0.15) is 6.10 Å². The summed E-state index contributed by atoms with van der Waals surface area (Å²) < 4.78 is 5.94. The largest absolute Gasteiger partial charge is 0.366 e. The maximum absolute atomic E-state index is 13.0. The lowest BCUT2D eigenvalue weighted by Gasteiger charge is -2.44. The van der Waals surface area contributed by atoms with Gasteiger partial charge in [0.15, 0.2) is 0 Å². The van der Waals surface area contributed by atoms with Gasteiger partial charge in [-0.3, -0.25) is 4.79 Å². The van der Waals surface area contributed by atoms with E-state index in [9.17, 15) is 4.79 Å². The Kier molecular flexibility index (Phi) is 4.74. The van der Waals surface area contributed by atoms with Crippen LogP contribution in [0, 0.1) is 0 Å². The fourth-order valence-electron chi connectivity index (χ4n) is 4.12. The van der Waals surface area contributed by atoms with E-state index in [0.717, 1.165) is 25.8 Å². The lowest BCUT2D eigenvalue weighted by Crippen LogP contribution is -2.54. The molecule has 0 aromatic heterocycles. The van der Waals surface area contributed by atoms with Gasteiger partial charge in [-0.2, -0.15) is 0 Å². The Balaban J connectivity index is 1.86. The maximum Gasteiger partial charge on any atom is 0.252 e. The van der Waals surface area contributed by atoms with Gasteiger partial charge < -0.3 is 15.0 Å². The molecule has 0 aliphatic carbocycles. The second-order valence-electron chi connectivity index (χ2n) is 7.32. The maximum atomic E-state index is 13.0. The number of carbonyl (C=O) groups excluding carboxylic acids is 1. The fourth-order valence-corrected chi connectivity index (χ4v) is 4.12. The number of piperidine rings is 1. The summed E-state index contributed by atoms with van der Waals surface area (Å²) in [6.45, 7) is 7.87. The van der Waals surface area contributed by atoms with E-state index in [1.807, 2.05) is 32.0 Å². The van der Waals surface area contributed by atoms with E-state index in [0.29, 0.717) is 12.6 Å². The molecule has 126 valence electrons. The summed E-state index contributed by atoms with van der Waals surface area (Å²) in [4.78, 5) is 15.1. The van der Waals surface area contributed by atoms with Gasteiger partial charge in [-0.05, 0) is 45.7 Å². The Bertz CT molecular complexity index is 546. The minimum absolute atomic E-state index is 0.0584. The van der Waals surface area contributed by atoms with Crippen molar-refractivity contribution in [1.82, 2.24) is 10.2 Å². The molecule has 2 fully saturated rings. The van der Waals surface area contributed by atoms with Gasteiger partial charge in [0, 0.05) is 24.5 Å². The highest BCUT2D eigenvalue weighted by Gasteiger charge is 2.52. The minimum Gasteiger partial charge on any atom is -0.366 e. The molecule has 1 spiro atoms. The number of nitrogens with one attached hydrogen (secondary N) is 1. The van der Waals surface area contributed by atoms with Gasteiger partial charge in [-0.1, -0.05) is 30.3 Å². The predicted molar refractivity (Wildman–Crippen MR) is 91.0 cm³/mol. The number of rotatable bonds is 4. The van der Waals surface area contributed by atoms with E-state index in [1.54, 1.807) is 0 Å². The molecule has 1 aromatic rings. The van der Waals surface area contributed by atoms with Crippen LogP contribution in [-0.4, -0.2) is 41.1 Å². The van der Waals surface area contributed by atoms with Crippen molar-refractivity contribution < 1.29 is 9.53 Å². The quantitative estimate of drug-likeness (QED) is 0.928. The average Bonchev–Trinajstić information content (AvgIpc) is 2.73. The topological polar surface area (TPSA) is 41.6 Å². The number of ether oxygens (including phenoxy) is 1. The number of amides is 1. The van der Waals surface area contributed by atoms with Gasteiger partial charge in [-0.15, -0.1) is 0 Å². The molecule has 23 heavy (non-hydrogen) atoms. The third-order valence-electron chi connectivity index (χ3n) is 5.07.